The van der Waals surface area contributed by atoms with Gasteiger partial charge in [0.2, 0.25) is 0 Å². The molecule has 0 unspecified atom stereocenters. The van der Waals surface area contributed by atoms with Crippen LogP contribution in [0.5, 0.6) is 0 Å². The molecule has 0 spiro atoms. The first kappa shape index (κ1) is 22.1. The zero-order valence-electron chi connectivity index (χ0n) is 17.7. The molecule has 1 saturated heterocycles. The van der Waals surface area contributed by atoms with Gasteiger partial charge >= 0.3 is 0 Å². The lowest BCUT2D eigenvalue weighted by molar-refractivity contribution is 0.360. The van der Waals surface area contributed by atoms with E-state index in [9.17, 15) is 10.5 Å². The van der Waals surface area contributed by atoms with Crippen molar-refractivity contribution in [3.05, 3.63) is 52.1 Å². The molecule has 0 aliphatic carbocycles. The molecule has 156 valence electrons. The second kappa shape index (κ2) is 10.4. The molecule has 7 heteroatoms. The van der Waals surface area contributed by atoms with Crippen molar-refractivity contribution >= 4 is 17.6 Å². The van der Waals surface area contributed by atoms with Gasteiger partial charge in [-0.1, -0.05) is 31.2 Å². The van der Waals surface area contributed by atoms with Crippen LogP contribution < -0.4 is 10.6 Å². The van der Waals surface area contributed by atoms with Crippen LogP contribution in [0.3, 0.4) is 0 Å². The summed E-state index contributed by atoms with van der Waals surface area (Å²) in [5, 5.41) is 20.5. The SMILES string of the molecule is CCc1c(C#N)c(SCc2ccc(CN)cc2)nc(N2CCCN(C)CC2)c1C#N. The van der Waals surface area contributed by atoms with Crippen LogP contribution in [-0.2, 0) is 18.7 Å². The number of hydrogen-bond donors (Lipinski definition) is 1. The van der Waals surface area contributed by atoms with Crippen LogP contribution in [0.4, 0.5) is 5.82 Å². The standard InChI is InChI=1S/C23H28N6S/c1-3-19-20(14-25)22(29-10-4-9-28(2)11-12-29)27-23(21(19)15-26)30-16-18-7-5-17(13-24)6-8-18/h5-8H,3-4,9-13,16,24H2,1-2H3. The van der Waals surface area contributed by atoms with Crippen LogP contribution in [0, 0.1) is 22.7 Å². The van der Waals surface area contributed by atoms with Crippen molar-refractivity contribution in [3.63, 3.8) is 0 Å². The Morgan fingerprint density at radius 2 is 1.73 bits per heavy atom. The molecule has 0 atom stereocenters. The van der Waals surface area contributed by atoms with E-state index >= 15 is 0 Å². The van der Waals surface area contributed by atoms with E-state index in [1.165, 1.54) is 0 Å². The van der Waals surface area contributed by atoms with Crippen LogP contribution in [-0.4, -0.2) is 43.1 Å². The van der Waals surface area contributed by atoms with Crippen molar-refractivity contribution in [2.45, 2.75) is 37.1 Å². The third-order valence-corrected chi connectivity index (χ3v) is 6.53. The Hall–Kier alpha value is -2.58. The molecule has 1 fully saturated rings. The van der Waals surface area contributed by atoms with Crippen molar-refractivity contribution < 1.29 is 0 Å². The normalized spacial score (nSPS) is 14.8. The summed E-state index contributed by atoms with van der Waals surface area (Å²) in [4.78, 5) is 9.38. The summed E-state index contributed by atoms with van der Waals surface area (Å²) in [5.74, 6) is 1.44. The Kier molecular flexibility index (Phi) is 7.70. The maximum atomic E-state index is 9.90. The third kappa shape index (κ3) is 4.94. The van der Waals surface area contributed by atoms with E-state index in [4.69, 9.17) is 10.7 Å². The highest BCUT2D eigenvalue weighted by Crippen LogP contribution is 2.33. The van der Waals surface area contributed by atoms with Gasteiger partial charge in [-0.25, -0.2) is 4.98 Å². The number of rotatable bonds is 6. The Morgan fingerprint density at radius 1 is 1.03 bits per heavy atom. The lowest BCUT2D eigenvalue weighted by Crippen LogP contribution is -2.30. The number of pyridine rings is 1. The average Bonchev–Trinajstić information content (AvgIpc) is 3.00. The van der Waals surface area contributed by atoms with Gasteiger partial charge < -0.3 is 15.5 Å². The molecule has 3 rings (SSSR count). The highest BCUT2D eigenvalue weighted by atomic mass is 32.2. The van der Waals surface area contributed by atoms with E-state index in [2.05, 4.69) is 41.1 Å². The Balaban J connectivity index is 1.96. The van der Waals surface area contributed by atoms with E-state index in [1.807, 2.05) is 19.1 Å². The van der Waals surface area contributed by atoms with E-state index in [1.54, 1.807) is 11.8 Å². The molecule has 1 aliphatic heterocycles. The predicted octanol–water partition coefficient (Wildman–Crippen LogP) is 3.28. The second-order valence-corrected chi connectivity index (χ2v) is 8.46. The van der Waals surface area contributed by atoms with Crippen molar-refractivity contribution in [1.29, 1.82) is 10.5 Å². The number of thioether (sulfide) groups is 1. The minimum atomic E-state index is 0.525. The van der Waals surface area contributed by atoms with Gasteiger partial charge in [0, 0.05) is 31.9 Å². The molecule has 1 aromatic heterocycles. The van der Waals surface area contributed by atoms with Gasteiger partial charge in [0.15, 0.2) is 0 Å². The number of nitriles is 2. The van der Waals surface area contributed by atoms with Crippen LogP contribution in [0.25, 0.3) is 0 Å². The smallest absolute Gasteiger partial charge is 0.148 e. The van der Waals surface area contributed by atoms with Gasteiger partial charge in [0.05, 0.1) is 11.1 Å². The molecule has 2 N–H and O–H groups in total. The molecule has 2 heterocycles. The molecule has 0 amide bonds. The topological polar surface area (TPSA) is 93.0 Å². The Morgan fingerprint density at radius 3 is 2.37 bits per heavy atom. The Bertz CT molecular complexity index is 958. The number of aromatic nitrogens is 1. The molecule has 2 aromatic rings. The molecule has 0 radical (unpaired) electrons. The zero-order valence-corrected chi connectivity index (χ0v) is 18.5. The maximum absolute atomic E-state index is 9.90. The summed E-state index contributed by atoms with van der Waals surface area (Å²) in [6.45, 7) is 6.19. The Labute approximate surface area is 183 Å². The van der Waals surface area contributed by atoms with Crippen molar-refractivity contribution in [2.24, 2.45) is 5.73 Å². The molecule has 30 heavy (non-hydrogen) atoms. The average molecular weight is 421 g/mol. The first-order valence-electron chi connectivity index (χ1n) is 10.3. The fraction of sp³-hybridized carbons (Fsp3) is 0.435. The van der Waals surface area contributed by atoms with Gasteiger partial charge in [0.25, 0.3) is 0 Å². The quantitative estimate of drug-likeness (QED) is 0.717. The number of nitrogens with zero attached hydrogens (tertiary/aromatic N) is 5. The monoisotopic (exact) mass is 420 g/mol. The van der Waals surface area contributed by atoms with Gasteiger partial charge in [-0.05, 0) is 43.1 Å². The number of nitrogens with two attached hydrogens (primary N) is 1. The third-order valence-electron chi connectivity index (χ3n) is 5.48. The lowest BCUT2D eigenvalue weighted by Gasteiger charge is -2.25. The van der Waals surface area contributed by atoms with E-state index in [0.717, 1.165) is 55.1 Å². The number of anilines is 1. The van der Waals surface area contributed by atoms with Gasteiger partial charge in [-0.3, -0.25) is 0 Å². The molecular formula is C23H28N6S. The van der Waals surface area contributed by atoms with Crippen molar-refractivity contribution in [1.82, 2.24) is 9.88 Å². The lowest BCUT2D eigenvalue weighted by atomic mass is 10.0. The van der Waals surface area contributed by atoms with Crippen LogP contribution in [0.2, 0.25) is 0 Å². The number of benzene rings is 1. The molecule has 0 saturated carbocycles. The highest BCUT2D eigenvalue weighted by molar-refractivity contribution is 7.98. The summed E-state index contributed by atoms with van der Waals surface area (Å²) in [6, 6.07) is 12.9. The van der Waals surface area contributed by atoms with Crippen LogP contribution in [0.1, 0.15) is 41.2 Å². The maximum Gasteiger partial charge on any atom is 0.148 e. The fourth-order valence-electron chi connectivity index (χ4n) is 3.70. The van der Waals surface area contributed by atoms with Gasteiger partial charge in [-0.15, -0.1) is 11.8 Å². The minimum Gasteiger partial charge on any atom is -0.354 e. The molecule has 1 aliphatic rings. The second-order valence-electron chi connectivity index (χ2n) is 7.50. The van der Waals surface area contributed by atoms with Gasteiger partial charge in [0.1, 0.15) is 23.0 Å². The van der Waals surface area contributed by atoms with E-state index < -0.39 is 0 Å². The van der Waals surface area contributed by atoms with E-state index in [0.29, 0.717) is 34.9 Å². The summed E-state index contributed by atoms with van der Waals surface area (Å²) >= 11 is 1.56. The summed E-state index contributed by atoms with van der Waals surface area (Å²) in [6.07, 6.45) is 1.66. The molecular weight excluding hydrogens is 392 g/mol. The van der Waals surface area contributed by atoms with Gasteiger partial charge in [-0.2, -0.15) is 10.5 Å². The van der Waals surface area contributed by atoms with Crippen molar-refractivity contribution in [3.8, 4) is 12.1 Å². The van der Waals surface area contributed by atoms with Crippen LogP contribution in [0.15, 0.2) is 29.3 Å². The number of likely N-dealkylation sites (N-methyl/N-ethyl adjacent to an activating group) is 1. The largest absolute Gasteiger partial charge is 0.354 e. The predicted molar refractivity (Wildman–Crippen MR) is 121 cm³/mol. The minimum absolute atomic E-state index is 0.525. The summed E-state index contributed by atoms with van der Waals surface area (Å²) < 4.78 is 0. The van der Waals surface area contributed by atoms with Crippen LogP contribution >= 0.6 is 11.8 Å². The highest BCUT2D eigenvalue weighted by Gasteiger charge is 2.24. The molecule has 0 bridgehead atoms. The number of hydrogen-bond acceptors (Lipinski definition) is 7. The molecule has 1 aromatic carbocycles. The van der Waals surface area contributed by atoms with Crippen molar-refractivity contribution in [2.75, 3.05) is 38.1 Å². The first-order chi connectivity index (χ1) is 14.6. The fourth-order valence-corrected chi connectivity index (χ4v) is 4.66. The zero-order chi connectivity index (χ0) is 21.5. The van der Waals surface area contributed by atoms with E-state index in [-0.39, 0.29) is 0 Å². The summed E-state index contributed by atoms with van der Waals surface area (Å²) in [7, 11) is 2.12. The summed E-state index contributed by atoms with van der Waals surface area (Å²) in [5.41, 5.74) is 9.83. The first-order valence-corrected chi connectivity index (χ1v) is 11.3. The molecule has 6 nitrogen and oxygen atoms in total.